The molecule has 90 valence electrons. The number of rotatable bonds is 5. The predicted molar refractivity (Wildman–Crippen MR) is 63.4 cm³/mol. The number of nitrogen functional groups attached to an aromatic ring is 1. The van der Waals surface area contributed by atoms with Crippen LogP contribution in [0, 0.1) is 21.4 Å². The number of nitriles is 1. The van der Waals surface area contributed by atoms with Gasteiger partial charge >= 0.3 is 5.69 Å². The highest BCUT2D eigenvalue weighted by molar-refractivity contribution is 5.57. The molecule has 17 heavy (non-hydrogen) atoms. The first-order valence-electron chi connectivity index (χ1n) is 5.13. The first-order chi connectivity index (χ1) is 8.10. The lowest BCUT2D eigenvalue weighted by molar-refractivity contribution is -0.384. The maximum absolute atomic E-state index is 10.6. The molecule has 1 rings (SSSR count). The van der Waals surface area contributed by atoms with E-state index in [1.54, 1.807) is 0 Å². The van der Waals surface area contributed by atoms with Gasteiger partial charge in [0.05, 0.1) is 17.4 Å². The van der Waals surface area contributed by atoms with E-state index in [4.69, 9.17) is 11.0 Å². The number of hydrogen-bond donors (Lipinski definition) is 1. The lowest BCUT2D eigenvalue weighted by Gasteiger charge is -2.20. The lowest BCUT2D eigenvalue weighted by Crippen LogP contribution is -2.25. The maximum Gasteiger partial charge on any atom is 0.311 e. The molecule has 0 aliphatic heterocycles. The number of anilines is 2. The number of nitrogens with two attached hydrogens (primary N) is 1. The van der Waals surface area contributed by atoms with Gasteiger partial charge in [-0.3, -0.25) is 10.1 Å². The molecule has 0 atom stereocenters. The smallest absolute Gasteiger partial charge is 0.311 e. The average Bonchev–Trinajstić information content (AvgIpc) is 2.29. The summed E-state index contributed by atoms with van der Waals surface area (Å²) in [4.78, 5) is 15.8. The van der Waals surface area contributed by atoms with Crippen LogP contribution in [0.4, 0.5) is 17.3 Å². The van der Waals surface area contributed by atoms with Gasteiger partial charge in [-0.2, -0.15) is 5.26 Å². The van der Waals surface area contributed by atoms with E-state index >= 15 is 0 Å². The van der Waals surface area contributed by atoms with Gasteiger partial charge in [0.1, 0.15) is 5.82 Å². The van der Waals surface area contributed by atoms with Gasteiger partial charge in [0.15, 0.2) is 0 Å². The molecule has 0 radical (unpaired) electrons. The molecular weight excluding hydrogens is 222 g/mol. The van der Waals surface area contributed by atoms with E-state index in [0.29, 0.717) is 25.3 Å². The fraction of sp³-hybridized carbons (Fsp3) is 0.400. The van der Waals surface area contributed by atoms with Gasteiger partial charge in [0, 0.05) is 19.2 Å². The first-order valence-corrected chi connectivity index (χ1v) is 5.13. The largest absolute Gasteiger partial charge is 0.378 e. The average molecular weight is 235 g/mol. The number of aromatic nitrogens is 1. The Morgan fingerprint density at radius 3 is 2.82 bits per heavy atom. The minimum absolute atomic E-state index is 0.108. The molecule has 0 aliphatic rings. The highest BCUT2D eigenvalue weighted by Crippen LogP contribution is 2.22. The lowest BCUT2D eigenvalue weighted by atomic mass is 10.3. The van der Waals surface area contributed by atoms with Crippen LogP contribution in [0.1, 0.15) is 13.3 Å². The van der Waals surface area contributed by atoms with Crippen molar-refractivity contribution in [1.29, 1.82) is 5.26 Å². The normalized spacial score (nSPS) is 9.65. The van der Waals surface area contributed by atoms with Crippen molar-refractivity contribution in [2.24, 2.45) is 0 Å². The molecule has 7 heteroatoms. The van der Waals surface area contributed by atoms with Crippen LogP contribution in [0.2, 0.25) is 0 Å². The molecule has 0 amide bonds. The monoisotopic (exact) mass is 235 g/mol. The molecule has 0 aromatic carbocycles. The van der Waals surface area contributed by atoms with Crippen molar-refractivity contribution in [3.63, 3.8) is 0 Å². The third-order valence-electron chi connectivity index (χ3n) is 2.28. The second-order valence-electron chi connectivity index (χ2n) is 3.32. The summed E-state index contributed by atoms with van der Waals surface area (Å²) in [6.45, 7) is 3.10. The van der Waals surface area contributed by atoms with Crippen molar-refractivity contribution in [2.45, 2.75) is 13.3 Å². The van der Waals surface area contributed by atoms with Crippen molar-refractivity contribution in [3.05, 3.63) is 22.2 Å². The summed E-state index contributed by atoms with van der Waals surface area (Å²) >= 11 is 0. The fourth-order valence-electron chi connectivity index (χ4n) is 1.41. The van der Waals surface area contributed by atoms with Gasteiger partial charge in [0.2, 0.25) is 5.82 Å². The summed E-state index contributed by atoms with van der Waals surface area (Å²) in [6.07, 6.45) is 0.367. The van der Waals surface area contributed by atoms with E-state index in [9.17, 15) is 10.1 Å². The zero-order valence-electron chi connectivity index (χ0n) is 9.46. The topological polar surface area (TPSA) is 109 Å². The first kappa shape index (κ1) is 12.7. The van der Waals surface area contributed by atoms with Crippen LogP contribution in [0.3, 0.4) is 0 Å². The summed E-state index contributed by atoms with van der Waals surface area (Å²) in [6, 6.07) is 4.90. The second kappa shape index (κ2) is 5.65. The Kier molecular flexibility index (Phi) is 4.22. The minimum Gasteiger partial charge on any atom is -0.378 e. The quantitative estimate of drug-likeness (QED) is 0.608. The van der Waals surface area contributed by atoms with Gasteiger partial charge < -0.3 is 10.6 Å². The molecule has 0 saturated carbocycles. The van der Waals surface area contributed by atoms with Crippen LogP contribution < -0.4 is 10.6 Å². The molecule has 0 bridgehead atoms. The van der Waals surface area contributed by atoms with Crippen molar-refractivity contribution >= 4 is 17.3 Å². The maximum atomic E-state index is 10.6. The number of nitro groups is 1. The van der Waals surface area contributed by atoms with Gasteiger partial charge in [0.25, 0.3) is 0 Å². The molecule has 0 spiro atoms. The van der Waals surface area contributed by atoms with Gasteiger partial charge in [-0.15, -0.1) is 0 Å². The summed E-state index contributed by atoms with van der Waals surface area (Å²) in [5.74, 6) is 0.439. The van der Waals surface area contributed by atoms with E-state index in [-0.39, 0.29) is 11.5 Å². The van der Waals surface area contributed by atoms with Crippen LogP contribution >= 0.6 is 0 Å². The molecule has 1 heterocycles. The summed E-state index contributed by atoms with van der Waals surface area (Å²) in [5.41, 5.74) is 5.30. The Morgan fingerprint density at radius 1 is 1.65 bits per heavy atom. The van der Waals surface area contributed by atoms with E-state index < -0.39 is 4.92 Å². The SMILES string of the molecule is CCN(CCC#N)c1ccc([N+](=O)[O-])c(N)n1. The van der Waals surface area contributed by atoms with Crippen LogP contribution in [-0.2, 0) is 0 Å². The Balaban J connectivity index is 2.95. The summed E-state index contributed by atoms with van der Waals surface area (Å²) < 4.78 is 0. The Morgan fingerprint density at radius 2 is 2.35 bits per heavy atom. The van der Waals surface area contributed by atoms with Crippen LogP contribution in [0.15, 0.2) is 12.1 Å². The van der Waals surface area contributed by atoms with Gasteiger partial charge in [-0.05, 0) is 13.0 Å². The molecule has 1 aromatic heterocycles. The van der Waals surface area contributed by atoms with E-state index in [1.165, 1.54) is 12.1 Å². The van der Waals surface area contributed by atoms with Crippen molar-refractivity contribution in [2.75, 3.05) is 23.7 Å². The van der Waals surface area contributed by atoms with E-state index in [0.717, 1.165) is 0 Å². The van der Waals surface area contributed by atoms with Gasteiger partial charge in [-0.1, -0.05) is 0 Å². The highest BCUT2D eigenvalue weighted by Gasteiger charge is 2.15. The van der Waals surface area contributed by atoms with E-state index in [2.05, 4.69) is 4.98 Å². The Labute approximate surface area is 98.6 Å². The van der Waals surface area contributed by atoms with Crippen LogP contribution in [-0.4, -0.2) is 23.0 Å². The highest BCUT2D eigenvalue weighted by atomic mass is 16.6. The Bertz CT molecular complexity index is 454. The fourth-order valence-corrected chi connectivity index (χ4v) is 1.41. The zero-order chi connectivity index (χ0) is 12.8. The minimum atomic E-state index is -0.572. The van der Waals surface area contributed by atoms with Gasteiger partial charge in [-0.25, -0.2) is 4.98 Å². The van der Waals surface area contributed by atoms with Crippen LogP contribution in [0.25, 0.3) is 0 Å². The number of pyridine rings is 1. The molecule has 0 saturated heterocycles. The van der Waals surface area contributed by atoms with Crippen molar-refractivity contribution < 1.29 is 4.92 Å². The third kappa shape index (κ3) is 3.04. The third-order valence-corrected chi connectivity index (χ3v) is 2.28. The zero-order valence-corrected chi connectivity index (χ0v) is 9.46. The van der Waals surface area contributed by atoms with Crippen molar-refractivity contribution in [3.8, 4) is 6.07 Å². The second-order valence-corrected chi connectivity index (χ2v) is 3.32. The predicted octanol–water partition coefficient (Wildman–Crippen LogP) is 1.31. The number of nitrogens with zero attached hydrogens (tertiary/aromatic N) is 4. The molecular formula is C10H13N5O2. The molecule has 0 fully saturated rings. The molecule has 1 aromatic rings. The Hall–Kier alpha value is -2.36. The standard InChI is InChI=1S/C10H13N5O2/c1-2-14(7-3-6-11)9-5-4-8(15(16)17)10(12)13-9/h4-5H,2-3,7H2,1H3,(H2,12,13). The van der Waals surface area contributed by atoms with E-state index in [1.807, 2.05) is 17.9 Å². The number of hydrogen-bond acceptors (Lipinski definition) is 6. The van der Waals surface area contributed by atoms with Crippen molar-refractivity contribution in [1.82, 2.24) is 4.98 Å². The summed E-state index contributed by atoms with van der Waals surface area (Å²) in [7, 11) is 0. The molecule has 0 unspecified atom stereocenters. The van der Waals surface area contributed by atoms with Crippen LogP contribution in [0.5, 0.6) is 0 Å². The summed E-state index contributed by atoms with van der Waals surface area (Å²) in [5, 5.41) is 19.1. The molecule has 0 aliphatic carbocycles. The molecule has 2 N–H and O–H groups in total. The molecule has 7 nitrogen and oxygen atoms in total.